The van der Waals surface area contributed by atoms with Gasteiger partial charge in [-0.15, -0.1) is 0 Å². The topological polar surface area (TPSA) is 93.4 Å². The highest BCUT2D eigenvalue weighted by Gasteiger charge is 2.11. The Bertz CT molecular complexity index is 1450. The van der Waals surface area contributed by atoms with E-state index in [9.17, 15) is 4.79 Å². The van der Waals surface area contributed by atoms with Gasteiger partial charge in [-0.1, -0.05) is 42.5 Å². The molecule has 3 aromatic heterocycles. The fourth-order valence-electron chi connectivity index (χ4n) is 3.79. The van der Waals surface area contributed by atoms with Crippen molar-refractivity contribution in [1.82, 2.24) is 29.5 Å². The summed E-state index contributed by atoms with van der Waals surface area (Å²) < 4.78 is 3.67. The van der Waals surface area contributed by atoms with Crippen molar-refractivity contribution in [3.8, 4) is 5.69 Å². The number of aromatic nitrogens is 6. The van der Waals surface area contributed by atoms with Gasteiger partial charge in [-0.05, 0) is 43.2 Å². The van der Waals surface area contributed by atoms with Crippen LogP contribution in [0.3, 0.4) is 0 Å². The van der Waals surface area contributed by atoms with E-state index in [1.165, 1.54) is 0 Å². The van der Waals surface area contributed by atoms with Crippen LogP contribution in [0.2, 0.25) is 0 Å². The van der Waals surface area contributed by atoms with Gasteiger partial charge in [-0.3, -0.25) is 14.5 Å². The molecule has 32 heavy (non-hydrogen) atoms. The maximum absolute atomic E-state index is 12.5. The third-order valence-corrected chi connectivity index (χ3v) is 5.33. The van der Waals surface area contributed by atoms with E-state index in [2.05, 4.69) is 50.6 Å². The first-order valence-electron chi connectivity index (χ1n) is 10.4. The average molecular weight is 425 g/mol. The molecule has 0 aliphatic rings. The summed E-state index contributed by atoms with van der Waals surface area (Å²) in [7, 11) is 0. The maximum atomic E-state index is 12.5. The van der Waals surface area contributed by atoms with Crippen molar-refractivity contribution in [2.45, 2.75) is 26.9 Å². The molecular weight excluding hydrogens is 402 g/mol. The van der Waals surface area contributed by atoms with E-state index in [1.807, 2.05) is 54.1 Å². The maximum Gasteiger partial charge on any atom is 0.263 e. The van der Waals surface area contributed by atoms with E-state index in [0.717, 1.165) is 28.2 Å². The number of rotatable bonds is 6. The summed E-state index contributed by atoms with van der Waals surface area (Å²) in [6.07, 6.45) is 1.54. The predicted molar refractivity (Wildman–Crippen MR) is 124 cm³/mol. The standard InChI is InChI=1S/C24H23N7O/c1-16-11-17(2)30(29-16)15-19-8-6-7-18(12-19)13-25-24-27-22-21(23(32)28-24)14-26-31(22)20-9-4-3-5-10-20/h3-12,14H,13,15H2,1-2H3,(H2,25,27,28,32). The van der Waals surface area contributed by atoms with Crippen molar-refractivity contribution in [1.29, 1.82) is 0 Å². The number of nitrogens with zero attached hydrogens (tertiary/aromatic N) is 5. The van der Waals surface area contributed by atoms with E-state index >= 15 is 0 Å². The Kier molecular flexibility index (Phi) is 5.03. The second-order valence-electron chi connectivity index (χ2n) is 7.80. The summed E-state index contributed by atoms with van der Waals surface area (Å²) in [4.78, 5) is 20.0. The third kappa shape index (κ3) is 3.90. The van der Waals surface area contributed by atoms with Gasteiger partial charge in [0.15, 0.2) is 5.65 Å². The first-order chi connectivity index (χ1) is 15.6. The Morgan fingerprint density at radius 3 is 2.59 bits per heavy atom. The Hall–Kier alpha value is -4.20. The second kappa shape index (κ2) is 8.14. The number of anilines is 1. The van der Waals surface area contributed by atoms with Crippen LogP contribution in [0.4, 0.5) is 5.95 Å². The van der Waals surface area contributed by atoms with Gasteiger partial charge in [0.25, 0.3) is 5.56 Å². The lowest BCUT2D eigenvalue weighted by atomic mass is 10.1. The molecule has 5 aromatic rings. The minimum Gasteiger partial charge on any atom is -0.352 e. The zero-order valence-corrected chi connectivity index (χ0v) is 17.9. The van der Waals surface area contributed by atoms with Crippen LogP contribution in [0.5, 0.6) is 0 Å². The first kappa shape index (κ1) is 19.7. The van der Waals surface area contributed by atoms with Crippen LogP contribution >= 0.6 is 0 Å². The molecule has 0 atom stereocenters. The molecule has 0 unspecified atom stereocenters. The quantitative estimate of drug-likeness (QED) is 0.434. The zero-order valence-electron chi connectivity index (χ0n) is 17.9. The number of H-pyrrole nitrogens is 1. The van der Waals surface area contributed by atoms with Gasteiger partial charge in [0.05, 0.1) is 24.1 Å². The summed E-state index contributed by atoms with van der Waals surface area (Å²) in [6.45, 7) is 5.30. The summed E-state index contributed by atoms with van der Waals surface area (Å²) >= 11 is 0. The van der Waals surface area contributed by atoms with Crippen LogP contribution in [0.1, 0.15) is 22.5 Å². The second-order valence-corrected chi connectivity index (χ2v) is 7.80. The summed E-state index contributed by atoms with van der Waals surface area (Å²) in [5.41, 5.74) is 5.54. The molecule has 0 saturated heterocycles. The van der Waals surface area contributed by atoms with Crippen molar-refractivity contribution >= 4 is 17.0 Å². The minimum atomic E-state index is -0.224. The highest BCUT2D eigenvalue weighted by atomic mass is 16.1. The summed E-state index contributed by atoms with van der Waals surface area (Å²) in [5, 5.41) is 12.6. The molecule has 3 heterocycles. The number of benzene rings is 2. The fourth-order valence-corrected chi connectivity index (χ4v) is 3.79. The van der Waals surface area contributed by atoms with Gasteiger partial charge < -0.3 is 5.32 Å². The van der Waals surface area contributed by atoms with Crippen molar-refractivity contribution in [3.05, 3.63) is 99.7 Å². The monoisotopic (exact) mass is 425 g/mol. The summed E-state index contributed by atoms with van der Waals surface area (Å²) in [6, 6.07) is 20.0. The zero-order chi connectivity index (χ0) is 22.1. The van der Waals surface area contributed by atoms with Gasteiger partial charge in [0, 0.05) is 12.2 Å². The van der Waals surface area contributed by atoms with Gasteiger partial charge in [0.1, 0.15) is 5.39 Å². The van der Waals surface area contributed by atoms with Crippen LogP contribution in [0, 0.1) is 13.8 Å². The number of fused-ring (bicyclic) bond motifs is 1. The smallest absolute Gasteiger partial charge is 0.263 e. The Morgan fingerprint density at radius 1 is 1.00 bits per heavy atom. The molecular formula is C24H23N7O. The van der Waals surface area contributed by atoms with Gasteiger partial charge in [-0.25, -0.2) is 4.68 Å². The van der Waals surface area contributed by atoms with Crippen LogP contribution in [-0.2, 0) is 13.1 Å². The van der Waals surface area contributed by atoms with E-state index in [1.54, 1.807) is 10.9 Å². The van der Waals surface area contributed by atoms with Gasteiger partial charge in [-0.2, -0.15) is 15.2 Å². The lowest BCUT2D eigenvalue weighted by Gasteiger charge is -2.09. The molecule has 0 aliphatic heterocycles. The van der Waals surface area contributed by atoms with Crippen LogP contribution in [0.25, 0.3) is 16.7 Å². The lowest BCUT2D eigenvalue weighted by Crippen LogP contribution is -2.14. The largest absolute Gasteiger partial charge is 0.352 e. The van der Waals surface area contributed by atoms with Crippen molar-refractivity contribution in [3.63, 3.8) is 0 Å². The van der Waals surface area contributed by atoms with E-state index in [-0.39, 0.29) is 5.56 Å². The van der Waals surface area contributed by atoms with E-state index < -0.39 is 0 Å². The number of aryl methyl sites for hydroxylation is 2. The van der Waals surface area contributed by atoms with Crippen LogP contribution < -0.4 is 10.9 Å². The highest BCUT2D eigenvalue weighted by molar-refractivity contribution is 5.76. The molecule has 160 valence electrons. The molecule has 0 fully saturated rings. The predicted octanol–water partition coefficient (Wildman–Crippen LogP) is 3.58. The molecule has 5 rings (SSSR count). The molecule has 0 bridgehead atoms. The molecule has 0 aliphatic carbocycles. The van der Waals surface area contributed by atoms with Gasteiger partial charge in [0.2, 0.25) is 5.95 Å². The van der Waals surface area contributed by atoms with Crippen molar-refractivity contribution < 1.29 is 0 Å². The molecule has 0 saturated carbocycles. The molecule has 8 nitrogen and oxygen atoms in total. The van der Waals surface area contributed by atoms with E-state index in [4.69, 9.17) is 0 Å². The number of hydrogen-bond acceptors (Lipinski definition) is 5. The molecule has 0 amide bonds. The lowest BCUT2D eigenvalue weighted by molar-refractivity contribution is 0.658. The summed E-state index contributed by atoms with van der Waals surface area (Å²) in [5.74, 6) is 0.407. The molecule has 0 radical (unpaired) electrons. The molecule has 2 N–H and O–H groups in total. The van der Waals surface area contributed by atoms with Crippen LogP contribution in [0.15, 0.2) is 71.7 Å². The minimum absolute atomic E-state index is 0.224. The fraction of sp³-hybridized carbons (Fsp3) is 0.167. The third-order valence-electron chi connectivity index (χ3n) is 5.33. The number of para-hydroxylation sites is 1. The normalized spacial score (nSPS) is 11.2. The Morgan fingerprint density at radius 2 is 1.81 bits per heavy atom. The van der Waals surface area contributed by atoms with Gasteiger partial charge >= 0.3 is 0 Å². The van der Waals surface area contributed by atoms with Crippen molar-refractivity contribution in [2.75, 3.05) is 5.32 Å². The Labute approximate surface area is 184 Å². The van der Waals surface area contributed by atoms with Crippen molar-refractivity contribution in [2.24, 2.45) is 0 Å². The SMILES string of the molecule is Cc1cc(C)n(Cc2cccc(CNc3nc4c(cnn4-c4ccccc4)c(=O)[nH]3)c2)n1. The highest BCUT2D eigenvalue weighted by Crippen LogP contribution is 2.15. The number of nitrogens with one attached hydrogen (secondary N) is 2. The number of hydrogen-bond donors (Lipinski definition) is 2. The molecule has 0 spiro atoms. The molecule has 8 heteroatoms. The first-order valence-corrected chi connectivity index (χ1v) is 10.4. The van der Waals surface area contributed by atoms with Crippen LogP contribution in [-0.4, -0.2) is 29.5 Å². The number of aromatic amines is 1. The average Bonchev–Trinajstić information content (AvgIpc) is 3.36. The van der Waals surface area contributed by atoms with E-state index in [0.29, 0.717) is 30.1 Å². The molecule has 2 aromatic carbocycles. The Balaban J connectivity index is 1.37.